The second kappa shape index (κ2) is 7.31. The number of carbonyl (C=O) groups is 1. The first-order chi connectivity index (χ1) is 8.65. The van der Waals surface area contributed by atoms with Crippen molar-refractivity contribution >= 4 is 5.97 Å². The number of nitrogens with zero attached hydrogens (tertiary/aromatic N) is 2. The van der Waals surface area contributed by atoms with E-state index < -0.39 is 40.9 Å². The SMILES string of the molecule is CC(C)(COCC(CO[N+](=O)[O-])O[N+](=O)[O-])C(=O)O. The monoisotopic (exact) mass is 282 g/mol. The maximum absolute atomic E-state index is 10.8. The van der Waals surface area contributed by atoms with Gasteiger partial charge in [0.05, 0.1) is 18.6 Å². The van der Waals surface area contributed by atoms with Gasteiger partial charge in [-0.05, 0) is 13.8 Å². The minimum absolute atomic E-state index is 0.238. The highest BCUT2D eigenvalue weighted by atomic mass is 17.0. The van der Waals surface area contributed by atoms with Gasteiger partial charge in [-0.3, -0.25) is 4.79 Å². The molecule has 11 nitrogen and oxygen atoms in total. The minimum Gasteiger partial charge on any atom is -0.481 e. The summed E-state index contributed by atoms with van der Waals surface area (Å²) in [5.41, 5.74) is -1.19. The van der Waals surface area contributed by atoms with E-state index in [9.17, 15) is 25.0 Å². The molecule has 0 saturated carbocycles. The highest BCUT2D eigenvalue weighted by Crippen LogP contribution is 2.15. The van der Waals surface area contributed by atoms with Crippen LogP contribution >= 0.6 is 0 Å². The summed E-state index contributed by atoms with van der Waals surface area (Å²) >= 11 is 0. The van der Waals surface area contributed by atoms with Crippen molar-refractivity contribution < 1.29 is 34.5 Å². The molecule has 0 heterocycles. The van der Waals surface area contributed by atoms with Crippen LogP contribution in [0.15, 0.2) is 0 Å². The van der Waals surface area contributed by atoms with E-state index in [2.05, 4.69) is 9.68 Å². The Morgan fingerprint density at radius 2 is 1.84 bits per heavy atom. The molecule has 0 radical (unpaired) electrons. The fraction of sp³-hybridized carbons (Fsp3) is 0.875. The van der Waals surface area contributed by atoms with Gasteiger partial charge in [0.2, 0.25) is 0 Å². The molecule has 110 valence electrons. The quantitative estimate of drug-likeness (QED) is 0.427. The number of ether oxygens (including phenoxy) is 1. The maximum atomic E-state index is 10.8. The van der Waals surface area contributed by atoms with Gasteiger partial charge in [-0.25, -0.2) is 0 Å². The van der Waals surface area contributed by atoms with Gasteiger partial charge < -0.3 is 19.5 Å². The Bertz CT molecular complexity index is 343. The van der Waals surface area contributed by atoms with Crippen LogP contribution in [0.2, 0.25) is 0 Å². The lowest BCUT2D eigenvalue weighted by molar-refractivity contribution is -0.790. The predicted octanol–water partition coefficient (Wildman–Crippen LogP) is -0.101. The lowest BCUT2D eigenvalue weighted by Gasteiger charge is -2.20. The van der Waals surface area contributed by atoms with Gasteiger partial charge in [-0.1, -0.05) is 0 Å². The first-order valence-electron chi connectivity index (χ1n) is 5.04. The summed E-state index contributed by atoms with van der Waals surface area (Å²) in [4.78, 5) is 38.9. The lowest BCUT2D eigenvalue weighted by Crippen LogP contribution is -2.34. The first kappa shape index (κ1) is 16.8. The van der Waals surface area contributed by atoms with E-state index in [0.717, 1.165) is 0 Å². The van der Waals surface area contributed by atoms with E-state index in [1.807, 2.05) is 0 Å². The third kappa shape index (κ3) is 7.70. The molecule has 0 saturated heterocycles. The van der Waals surface area contributed by atoms with Gasteiger partial charge in [-0.15, -0.1) is 20.2 Å². The van der Waals surface area contributed by atoms with Gasteiger partial charge in [0.15, 0.2) is 6.10 Å². The van der Waals surface area contributed by atoms with Crippen LogP contribution in [-0.4, -0.2) is 47.2 Å². The van der Waals surface area contributed by atoms with E-state index in [4.69, 9.17) is 9.84 Å². The highest BCUT2D eigenvalue weighted by molar-refractivity contribution is 5.73. The number of hydrogen-bond acceptors (Lipinski definition) is 8. The van der Waals surface area contributed by atoms with Crippen LogP contribution in [0.25, 0.3) is 0 Å². The molecule has 0 aromatic carbocycles. The van der Waals surface area contributed by atoms with Crippen molar-refractivity contribution in [2.45, 2.75) is 20.0 Å². The van der Waals surface area contributed by atoms with Gasteiger partial charge >= 0.3 is 5.97 Å². The van der Waals surface area contributed by atoms with E-state index in [1.165, 1.54) is 13.8 Å². The minimum atomic E-state index is -1.31. The van der Waals surface area contributed by atoms with Crippen LogP contribution < -0.4 is 0 Å². The molecule has 11 heteroatoms. The number of aliphatic carboxylic acids is 1. The van der Waals surface area contributed by atoms with Crippen LogP contribution in [0.3, 0.4) is 0 Å². The molecule has 1 N–H and O–H groups in total. The van der Waals surface area contributed by atoms with Gasteiger partial charge in [0.25, 0.3) is 10.2 Å². The zero-order chi connectivity index (χ0) is 15.1. The van der Waals surface area contributed by atoms with Crippen molar-refractivity contribution in [3.05, 3.63) is 20.2 Å². The summed E-state index contributed by atoms with van der Waals surface area (Å²) < 4.78 is 4.94. The average molecular weight is 282 g/mol. The Hall–Kier alpha value is -2.17. The topological polar surface area (TPSA) is 151 Å². The van der Waals surface area contributed by atoms with E-state index in [-0.39, 0.29) is 6.61 Å². The molecule has 0 rings (SSSR count). The van der Waals surface area contributed by atoms with E-state index in [0.29, 0.717) is 0 Å². The Morgan fingerprint density at radius 3 is 2.26 bits per heavy atom. The average Bonchev–Trinajstić information content (AvgIpc) is 2.24. The van der Waals surface area contributed by atoms with Crippen LogP contribution in [0, 0.1) is 25.6 Å². The fourth-order valence-corrected chi connectivity index (χ4v) is 0.882. The molecule has 0 aliphatic heterocycles. The molecule has 1 unspecified atom stereocenters. The summed E-state index contributed by atoms with van der Waals surface area (Å²) in [6, 6.07) is 0. The number of hydrogen-bond donors (Lipinski definition) is 1. The third-order valence-electron chi connectivity index (χ3n) is 1.95. The fourth-order valence-electron chi connectivity index (χ4n) is 0.882. The Morgan fingerprint density at radius 1 is 1.26 bits per heavy atom. The van der Waals surface area contributed by atoms with Crippen molar-refractivity contribution in [1.29, 1.82) is 0 Å². The normalized spacial score (nSPS) is 12.5. The second-order valence-electron chi connectivity index (χ2n) is 4.17. The summed E-state index contributed by atoms with van der Waals surface area (Å²) in [7, 11) is 0. The summed E-state index contributed by atoms with van der Waals surface area (Å²) in [5, 5.41) is 26.6. The maximum Gasteiger partial charge on any atom is 0.311 e. The summed E-state index contributed by atoms with van der Waals surface area (Å²) in [6.45, 7) is 1.45. The summed E-state index contributed by atoms with van der Waals surface area (Å²) in [5.74, 6) is -1.11. The van der Waals surface area contributed by atoms with Gasteiger partial charge in [0.1, 0.15) is 6.61 Å². The largest absolute Gasteiger partial charge is 0.481 e. The van der Waals surface area contributed by atoms with Crippen molar-refractivity contribution in [3.8, 4) is 0 Å². The molecule has 1 atom stereocenters. The second-order valence-corrected chi connectivity index (χ2v) is 4.17. The molecule has 0 aromatic rings. The lowest BCUT2D eigenvalue weighted by atomic mass is 9.95. The standard InChI is InChI=1S/C8H14N2O9/c1-8(2,7(11)12)5-17-3-6(19-10(15)16)4-18-9(13)14/h6H,3-5H2,1-2H3,(H,11,12). The Labute approximate surface area is 107 Å². The predicted molar refractivity (Wildman–Crippen MR) is 57.0 cm³/mol. The summed E-state index contributed by atoms with van der Waals surface area (Å²) in [6.07, 6.45) is -1.31. The van der Waals surface area contributed by atoms with E-state index in [1.54, 1.807) is 0 Å². The van der Waals surface area contributed by atoms with E-state index >= 15 is 0 Å². The molecule has 0 aromatic heterocycles. The smallest absolute Gasteiger partial charge is 0.311 e. The van der Waals surface area contributed by atoms with Gasteiger partial charge in [0, 0.05) is 0 Å². The van der Waals surface area contributed by atoms with Crippen molar-refractivity contribution in [2.24, 2.45) is 5.41 Å². The van der Waals surface area contributed by atoms with Crippen molar-refractivity contribution in [3.63, 3.8) is 0 Å². The van der Waals surface area contributed by atoms with Crippen LogP contribution in [-0.2, 0) is 19.2 Å². The molecule has 0 aliphatic carbocycles. The molecule has 0 fully saturated rings. The van der Waals surface area contributed by atoms with Crippen molar-refractivity contribution in [1.82, 2.24) is 0 Å². The van der Waals surface area contributed by atoms with Crippen molar-refractivity contribution in [2.75, 3.05) is 19.8 Å². The number of carboxylic acid groups (broad SMARTS) is 1. The van der Waals surface area contributed by atoms with Gasteiger partial charge in [-0.2, -0.15) is 0 Å². The Kier molecular flexibility index (Phi) is 6.47. The molecule has 0 aliphatic rings. The zero-order valence-corrected chi connectivity index (χ0v) is 10.3. The molecule has 0 amide bonds. The van der Waals surface area contributed by atoms with Crippen LogP contribution in [0.4, 0.5) is 0 Å². The first-order valence-corrected chi connectivity index (χ1v) is 5.04. The molecule has 0 spiro atoms. The molecular weight excluding hydrogens is 268 g/mol. The Balaban J connectivity index is 4.22. The highest BCUT2D eigenvalue weighted by Gasteiger charge is 2.28. The number of rotatable bonds is 10. The third-order valence-corrected chi connectivity index (χ3v) is 1.95. The zero-order valence-electron chi connectivity index (χ0n) is 10.3. The molecule has 0 bridgehead atoms. The van der Waals surface area contributed by atoms with Crippen LogP contribution in [0.5, 0.6) is 0 Å². The molecular formula is C8H14N2O9. The molecule has 19 heavy (non-hydrogen) atoms. The number of carboxylic acids is 1. The van der Waals surface area contributed by atoms with Crippen LogP contribution in [0.1, 0.15) is 13.8 Å².